The van der Waals surface area contributed by atoms with Crippen molar-refractivity contribution >= 4 is 0 Å². The summed E-state index contributed by atoms with van der Waals surface area (Å²) in [5.74, 6) is 0.885. The summed E-state index contributed by atoms with van der Waals surface area (Å²) in [7, 11) is 1.88. The van der Waals surface area contributed by atoms with Crippen molar-refractivity contribution in [2.24, 2.45) is 11.3 Å². The molecule has 3 atom stereocenters. The van der Waals surface area contributed by atoms with E-state index >= 15 is 0 Å². The maximum Gasteiger partial charge on any atom is 0.0777 e. The van der Waals surface area contributed by atoms with Crippen LogP contribution in [-0.4, -0.2) is 50.3 Å². The van der Waals surface area contributed by atoms with Crippen LogP contribution in [0.2, 0.25) is 0 Å². The van der Waals surface area contributed by atoms with Gasteiger partial charge in [-0.25, -0.2) is 0 Å². The van der Waals surface area contributed by atoms with E-state index in [1.54, 1.807) is 0 Å². The number of nitrogens with one attached hydrogen (secondary N) is 1. The summed E-state index contributed by atoms with van der Waals surface area (Å²) in [6.07, 6.45) is 8.09. The molecule has 1 aliphatic carbocycles. The second-order valence-corrected chi connectivity index (χ2v) is 7.95. The normalized spacial score (nSPS) is 38.6. The van der Waals surface area contributed by atoms with Crippen molar-refractivity contribution in [2.75, 3.05) is 39.8 Å². The molecule has 0 bridgehead atoms. The molecule has 3 unspecified atom stereocenters. The van der Waals surface area contributed by atoms with E-state index in [-0.39, 0.29) is 5.60 Å². The van der Waals surface area contributed by atoms with Gasteiger partial charge >= 0.3 is 0 Å². The Kier molecular flexibility index (Phi) is 6.10. The van der Waals surface area contributed by atoms with Crippen LogP contribution in [-0.2, 0) is 4.74 Å². The molecule has 2 fully saturated rings. The number of likely N-dealkylation sites (tertiary alicyclic amines) is 1. The van der Waals surface area contributed by atoms with E-state index in [0.29, 0.717) is 5.41 Å². The molecule has 2 aliphatic rings. The fourth-order valence-electron chi connectivity index (χ4n) is 4.60. The largest absolute Gasteiger partial charge is 0.377 e. The maximum absolute atomic E-state index is 5.78. The van der Waals surface area contributed by atoms with Crippen molar-refractivity contribution in [2.45, 2.75) is 64.9 Å². The molecule has 1 heterocycles. The second-order valence-electron chi connectivity index (χ2n) is 7.95. The minimum atomic E-state index is 0.0674. The van der Waals surface area contributed by atoms with Gasteiger partial charge in [-0.3, -0.25) is 4.90 Å². The topological polar surface area (TPSA) is 24.5 Å². The molecule has 21 heavy (non-hydrogen) atoms. The first kappa shape index (κ1) is 17.2. The van der Waals surface area contributed by atoms with Gasteiger partial charge < -0.3 is 10.1 Å². The quantitative estimate of drug-likeness (QED) is 0.814. The standard InChI is InChI=1S/C18H36N2O/c1-5-19-13-18(10-6-8-16(2)12-18)15-20-11-7-9-17(3,14-20)21-4/h16,19H,5-15H2,1-4H3. The molecule has 0 aromatic heterocycles. The van der Waals surface area contributed by atoms with Gasteiger partial charge in [0.2, 0.25) is 0 Å². The van der Waals surface area contributed by atoms with Gasteiger partial charge in [0.05, 0.1) is 5.60 Å². The highest BCUT2D eigenvalue weighted by molar-refractivity contribution is 4.93. The Morgan fingerprint density at radius 1 is 1.29 bits per heavy atom. The number of rotatable bonds is 6. The number of hydrogen-bond donors (Lipinski definition) is 1. The van der Waals surface area contributed by atoms with Gasteiger partial charge in [0, 0.05) is 26.7 Å². The first-order valence-corrected chi connectivity index (χ1v) is 8.99. The Balaban J connectivity index is 2.00. The van der Waals surface area contributed by atoms with Gasteiger partial charge in [-0.15, -0.1) is 0 Å². The summed E-state index contributed by atoms with van der Waals surface area (Å²) in [5.41, 5.74) is 0.553. The molecule has 1 saturated heterocycles. The van der Waals surface area contributed by atoms with E-state index in [1.807, 2.05) is 7.11 Å². The highest BCUT2D eigenvalue weighted by atomic mass is 16.5. The lowest BCUT2D eigenvalue weighted by Gasteiger charge is -2.47. The van der Waals surface area contributed by atoms with E-state index < -0.39 is 0 Å². The van der Waals surface area contributed by atoms with Gasteiger partial charge in [0.1, 0.15) is 0 Å². The van der Waals surface area contributed by atoms with E-state index in [2.05, 4.69) is 31.0 Å². The number of nitrogens with zero attached hydrogens (tertiary/aromatic N) is 1. The van der Waals surface area contributed by atoms with Gasteiger partial charge in [-0.2, -0.15) is 0 Å². The Labute approximate surface area is 131 Å². The van der Waals surface area contributed by atoms with Crippen LogP contribution < -0.4 is 5.32 Å². The van der Waals surface area contributed by atoms with Gasteiger partial charge in [0.25, 0.3) is 0 Å². The highest BCUT2D eigenvalue weighted by Crippen LogP contribution is 2.40. The van der Waals surface area contributed by atoms with Crippen molar-refractivity contribution in [1.82, 2.24) is 10.2 Å². The van der Waals surface area contributed by atoms with Crippen molar-refractivity contribution < 1.29 is 4.74 Å². The van der Waals surface area contributed by atoms with Crippen molar-refractivity contribution in [1.29, 1.82) is 0 Å². The summed E-state index contributed by atoms with van der Waals surface area (Å²) in [4.78, 5) is 2.68. The predicted molar refractivity (Wildman–Crippen MR) is 89.7 cm³/mol. The third-order valence-electron chi connectivity index (χ3n) is 5.73. The molecule has 0 amide bonds. The highest BCUT2D eigenvalue weighted by Gasteiger charge is 2.39. The van der Waals surface area contributed by atoms with Crippen LogP contribution in [0, 0.1) is 11.3 Å². The molecule has 3 heteroatoms. The Hall–Kier alpha value is -0.120. The van der Waals surface area contributed by atoms with Crippen molar-refractivity contribution in [3.05, 3.63) is 0 Å². The molecule has 1 aliphatic heterocycles. The maximum atomic E-state index is 5.78. The first-order chi connectivity index (χ1) is 10.0. The first-order valence-electron chi connectivity index (χ1n) is 8.99. The summed E-state index contributed by atoms with van der Waals surface area (Å²) in [6.45, 7) is 12.8. The molecule has 2 rings (SSSR count). The van der Waals surface area contributed by atoms with Crippen LogP contribution in [0.4, 0.5) is 0 Å². The van der Waals surface area contributed by atoms with Gasteiger partial charge in [-0.1, -0.05) is 26.7 Å². The zero-order chi connectivity index (χ0) is 15.3. The molecule has 0 aromatic rings. The van der Waals surface area contributed by atoms with Gasteiger partial charge in [0.15, 0.2) is 0 Å². The lowest BCUT2D eigenvalue weighted by atomic mass is 9.69. The molecular weight excluding hydrogens is 260 g/mol. The molecule has 0 aromatic carbocycles. The van der Waals surface area contributed by atoms with Crippen LogP contribution >= 0.6 is 0 Å². The fraction of sp³-hybridized carbons (Fsp3) is 1.00. The molecule has 1 saturated carbocycles. The summed E-state index contributed by atoms with van der Waals surface area (Å²) < 4.78 is 5.78. The summed E-state index contributed by atoms with van der Waals surface area (Å²) in [5, 5.41) is 3.65. The zero-order valence-electron chi connectivity index (χ0n) is 14.7. The minimum Gasteiger partial charge on any atom is -0.377 e. The van der Waals surface area contributed by atoms with E-state index in [4.69, 9.17) is 4.74 Å². The molecule has 124 valence electrons. The fourth-order valence-corrected chi connectivity index (χ4v) is 4.60. The molecule has 0 radical (unpaired) electrons. The average molecular weight is 296 g/mol. The zero-order valence-corrected chi connectivity index (χ0v) is 14.7. The summed E-state index contributed by atoms with van der Waals surface area (Å²) in [6, 6.07) is 0. The monoisotopic (exact) mass is 296 g/mol. The third kappa shape index (κ3) is 4.67. The van der Waals surface area contributed by atoms with E-state index in [1.165, 1.54) is 58.2 Å². The Bertz CT molecular complexity index is 322. The lowest BCUT2D eigenvalue weighted by molar-refractivity contribution is -0.0634. The predicted octanol–water partition coefficient (Wildman–Crippen LogP) is 3.29. The molecule has 3 nitrogen and oxygen atoms in total. The van der Waals surface area contributed by atoms with Crippen LogP contribution in [0.1, 0.15) is 59.3 Å². The number of hydrogen-bond acceptors (Lipinski definition) is 3. The minimum absolute atomic E-state index is 0.0674. The number of methoxy groups -OCH3 is 1. The lowest BCUT2D eigenvalue weighted by Crippen LogP contribution is -2.53. The number of piperidine rings is 1. The third-order valence-corrected chi connectivity index (χ3v) is 5.73. The van der Waals surface area contributed by atoms with Crippen LogP contribution in [0.15, 0.2) is 0 Å². The van der Waals surface area contributed by atoms with Crippen molar-refractivity contribution in [3.63, 3.8) is 0 Å². The Morgan fingerprint density at radius 2 is 2.10 bits per heavy atom. The summed E-state index contributed by atoms with van der Waals surface area (Å²) >= 11 is 0. The SMILES string of the molecule is CCNCC1(CN2CCCC(C)(OC)C2)CCCC(C)C1. The Morgan fingerprint density at radius 3 is 2.76 bits per heavy atom. The van der Waals surface area contributed by atoms with Crippen LogP contribution in [0.5, 0.6) is 0 Å². The van der Waals surface area contributed by atoms with Gasteiger partial charge in [-0.05, 0) is 57.0 Å². The molecule has 1 N–H and O–H groups in total. The van der Waals surface area contributed by atoms with Crippen molar-refractivity contribution in [3.8, 4) is 0 Å². The van der Waals surface area contributed by atoms with E-state index in [0.717, 1.165) is 19.0 Å². The van der Waals surface area contributed by atoms with E-state index in [9.17, 15) is 0 Å². The number of ether oxygens (including phenoxy) is 1. The molecular formula is C18H36N2O. The van der Waals surface area contributed by atoms with Crippen LogP contribution in [0.25, 0.3) is 0 Å². The average Bonchev–Trinajstić information content (AvgIpc) is 2.45. The smallest absolute Gasteiger partial charge is 0.0777 e. The van der Waals surface area contributed by atoms with Crippen LogP contribution in [0.3, 0.4) is 0 Å². The second kappa shape index (κ2) is 7.43. The molecule has 0 spiro atoms.